The molecule has 1 N–H and O–H groups in total. The minimum Gasteiger partial charge on any atom is -0.395 e. The molecular formula is C13H16N2O4S. The van der Waals surface area contributed by atoms with Gasteiger partial charge in [-0.1, -0.05) is 11.8 Å². The van der Waals surface area contributed by atoms with Gasteiger partial charge in [0.25, 0.3) is 0 Å². The highest BCUT2D eigenvalue weighted by atomic mass is 32.2. The highest BCUT2D eigenvalue weighted by Gasteiger charge is 2.26. The molecule has 0 saturated carbocycles. The van der Waals surface area contributed by atoms with Crippen LogP contribution in [0.3, 0.4) is 0 Å². The number of pyridine rings is 1. The van der Waals surface area contributed by atoms with Crippen LogP contribution in [0.1, 0.15) is 12.0 Å². The lowest BCUT2D eigenvalue weighted by molar-refractivity contribution is 0.0730. The molecule has 20 heavy (non-hydrogen) atoms. The number of hydrogen-bond acceptors (Lipinski definition) is 5. The zero-order valence-electron chi connectivity index (χ0n) is 10.9. The van der Waals surface area contributed by atoms with Crippen LogP contribution < -0.4 is 0 Å². The fraction of sp³-hybridized carbons (Fsp3) is 0.462. The summed E-state index contributed by atoms with van der Waals surface area (Å²) >= 11 is 0. The second-order valence-corrected chi connectivity index (χ2v) is 6.14. The number of nitrogens with zero attached hydrogens (tertiary/aromatic N) is 2. The van der Waals surface area contributed by atoms with E-state index in [1.54, 1.807) is 0 Å². The predicted molar refractivity (Wildman–Crippen MR) is 72.4 cm³/mol. The lowest BCUT2D eigenvalue weighted by Crippen LogP contribution is -2.40. The van der Waals surface area contributed by atoms with Gasteiger partial charge in [-0.15, -0.1) is 0 Å². The Morgan fingerprint density at radius 2 is 2.10 bits per heavy atom. The van der Waals surface area contributed by atoms with Crippen molar-refractivity contribution >= 4 is 10.0 Å². The van der Waals surface area contributed by atoms with Crippen LogP contribution in [-0.2, 0) is 14.8 Å². The molecule has 0 aliphatic carbocycles. The average Bonchev–Trinajstić information content (AvgIpc) is 2.49. The molecule has 108 valence electrons. The molecule has 0 bridgehead atoms. The van der Waals surface area contributed by atoms with Crippen LogP contribution >= 0.6 is 0 Å². The van der Waals surface area contributed by atoms with Crippen molar-refractivity contribution in [1.82, 2.24) is 9.29 Å². The van der Waals surface area contributed by atoms with Crippen molar-refractivity contribution in [3.63, 3.8) is 0 Å². The summed E-state index contributed by atoms with van der Waals surface area (Å²) in [6.07, 6.45) is 3.17. The zero-order valence-corrected chi connectivity index (χ0v) is 11.8. The van der Waals surface area contributed by atoms with Gasteiger partial charge in [0.1, 0.15) is 4.90 Å². The SMILES string of the molecule is O=S(=O)(c1cncc(C#CCCO)c1)N1CCOCC1. The molecule has 0 atom stereocenters. The van der Waals surface area contributed by atoms with Crippen molar-refractivity contribution in [1.29, 1.82) is 0 Å². The minimum absolute atomic E-state index is 0.0216. The molecule has 0 aromatic carbocycles. The number of rotatable bonds is 3. The minimum atomic E-state index is -3.54. The lowest BCUT2D eigenvalue weighted by atomic mass is 10.3. The molecule has 6 nitrogen and oxygen atoms in total. The van der Waals surface area contributed by atoms with Gasteiger partial charge in [-0.25, -0.2) is 8.42 Å². The van der Waals surface area contributed by atoms with E-state index in [1.165, 1.54) is 22.8 Å². The third-order valence-electron chi connectivity index (χ3n) is 2.79. The van der Waals surface area contributed by atoms with E-state index < -0.39 is 10.0 Å². The Morgan fingerprint density at radius 3 is 2.80 bits per heavy atom. The van der Waals surface area contributed by atoms with Gasteiger partial charge in [0.05, 0.1) is 19.8 Å². The molecule has 1 aromatic rings. The topological polar surface area (TPSA) is 79.7 Å². The molecule has 2 rings (SSSR count). The number of sulfonamides is 1. The second-order valence-electron chi connectivity index (χ2n) is 4.20. The molecule has 0 radical (unpaired) electrons. The van der Waals surface area contributed by atoms with Gasteiger partial charge in [0.2, 0.25) is 10.0 Å². The molecule has 0 spiro atoms. The number of morpholine rings is 1. The number of ether oxygens (including phenoxy) is 1. The first-order chi connectivity index (χ1) is 9.64. The van der Waals surface area contributed by atoms with Crippen LogP contribution in [-0.4, -0.2) is 55.7 Å². The standard InChI is InChI=1S/C13H16N2O4S/c16-6-2-1-3-12-9-13(11-14-10-12)20(17,18)15-4-7-19-8-5-15/h9-11,16H,2,4-8H2. The van der Waals surface area contributed by atoms with Crippen LogP contribution in [0.4, 0.5) is 0 Å². The Balaban J connectivity index is 2.23. The lowest BCUT2D eigenvalue weighted by Gasteiger charge is -2.25. The Labute approximate surface area is 118 Å². The summed E-state index contributed by atoms with van der Waals surface area (Å²) in [6.45, 7) is 1.49. The maximum atomic E-state index is 12.4. The van der Waals surface area contributed by atoms with E-state index in [4.69, 9.17) is 9.84 Å². The monoisotopic (exact) mass is 296 g/mol. The summed E-state index contributed by atoms with van der Waals surface area (Å²) < 4.78 is 31.4. The van der Waals surface area contributed by atoms with Crippen molar-refractivity contribution in [3.8, 4) is 11.8 Å². The fourth-order valence-electron chi connectivity index (χ4n) is 1.78. The molecule has 1 fully saturated rings. The zero-order chi connectivity index (χ0) is 14.4. The first-order valence-electron chi connectivity index (χ1n) is 6.27. The Morgan fingerprint density at radius 1 is 1.35 bits per heavy atom. The number of aliphatic hydroxyl groups excluding tert-OH is 1. The van der Waals surface area contributed by atoms with Crippen LogP contribution in [0.25, 0.3) is 0 Å². The van der Waals surface area contributed by atoms with Crippen LogP contribution in [0.2, 0.25) is 0 Å². The molecule has 1 saturated heterocycles. The number of aliphatic hydroxyl groups is 1. The quantitative estimate of drug-likeness (QED) is 0.784. The molecule has 1 aromatic heterocycles. The maximum absolute atomic E-state index is 12.4. The van der Waals surface area contributed by atoms with Gasteiger partial charge in [-0.05, 0) is 6.07 Å². The molecular weight excluding hydrogens is 280 g/mol. The van der Waals surface area contributed by atoms with Crippen molar-refractivity contribution < 1.29 is 18.3 Å². The normalized spacial score (nSPS) is 16.4. The second kappa shape index (κ2) is 6.81. The summed E-state index contributed by atoms with van der Waals surface area (Å²) in [4.78, 5) is 4.06. The van der Waals surface area contributed by atoms with Crippen molar-refractivity contribution in [2.75, 3.05) is 32.9 Å². The van der Waals surface area contributed by atoms with Crippen LogP contribution in [0.5, 0.6) is 0 Å². The molecule has 1 aliphatic heterocycles. The smallest absolute Gasteiger partial charge is 0.244 e. The number of hydrogen-bond donors (Lipinski definition) is 1. The van der Waals surface area contributed by atoms with E-state index in [0.717, 1.165) is 0 Å². The van der Waals surface area contributed by atoms with Gasteiger partial charge in [0, 0.05) is 37.5 Å². The molecule has 7 heteroatoms. The predicted octanol–water partition coefficient (Wildman–Crippen LogP) is -0.164. The highest BCUT2D eigenvalue weighted by molar-refractivity contribution is 7.89. The summed E-state index contributed by atoms with van der Waals surface area (Å²) in [5.74, 6) is 5.52. The van der Waals surface area contributed by atoms with Crippen LogP contribution in [0, 0.1) is 11.8 Å². The van der Waals surface area contributed by atoms with E-state index in [9.17, 15) is 8.42 Å². The molecule has 1 aliphatic rings. The molecule has 0 amide bonds. The van der Waals surface area contributed by atoms with E-state index in [0.29, 0.717) is 38.3 Å². The van der Waals surface area contributed by atoms with Crippen molar-refractivity contribution in [3.05, 3.63) is 24.0 Å². The summed E-state index contributed by atoms with van der Waals surface area (Å²) in [6, 6.07) is 1.50. The van der Waals surface area contributed by atoms with E-state index in [1.807, 2.05) is 0 Å². The third-order valence-corrected chi connectivity index (χ3v) is 4.65. The number of aromatic nitrogens is 1. The van der Waals surface area contributed by atoms with Gasteiger partial charge in [-0.3, -0.25) is 4.98 Å². The van der Waals surface area contributed by atoms with Gasteiger partial charge < -0.3 is 9.84 Å². The first kappa shape index (κ1) is 14.9. The Hall–Kier alpha value is -1.46. The van der Waals surface area contributed by atoms with E-state index in [2.05, 4.69) is 16.8 Å². The van der Waals surface area contributed by atoms with E-state index >= 15 is 0 Å². The first-order valence-corrected chi connectivity index (χ1v) is 7.71. The summed E-state index contributed by atoms with van der Waals surface area (Å²) in [5, 5.41) is 8.67. The van der Waals surface area contributed by atoms with Gasteiger partial charge in [-0.2, -0.15) is 4.31 Å². The highest BCUT2D eigenvalue weighted by Crippen LogP contribution is 2.16. The van der Waals surface area contributed by atoms with Gasteiger partial charge >= 0.3 is 0 Å². The average molecular weight is 296 g/mol. The maximum Gasteiger partial charge on any atom is 0.244 e. The Bertz CT molecular complexity index is 613. The summed E-state index contributed by atoms with van der Waals surface area (Å²) in [7, 11) is -3.54. The third kappa shape index (κ3) is 3.55. The summed E-state index contributed by atoms with van der Waals surface area (Å²) in [5.41, 5.74) is 0.521. The van der Waals surface area contributed by atoms with Crippen molar-refractivity contribution in [2.45, 2.75) is 11.3 Å². The van der Waals surface area contributed by atoms with Crippen molar-refractivity contribution in [2.24, 2.45) is 0 Å². The Kier molecular flexibility index (Phi) is 5.09. The largest absolute Gasteiger partial charge is 0.395 e. The van der Waals surface area contributed by atoms with Crippen LogP contribution in [0.15, 0.2) is 23.4 Å². The fourth-order valence-corrected chi connectivity index (χ4v) is 3.18. The van der Waals surface area contributed by atoms with E-state index in [-0.39, 0.29) is 11.5 Å². The molecule has 2 heterocycles. The molecule has 0 unspecified atom stereocenters. The van der Waals surface area contributed by atoms with Gasteiger partial charge in [0.15, 0.2) is 0 Å².